The van der Waals surface area contributed by atoms with Crippen LogP contribution in [0.2, 0.25) is 0 Å². The molecule has 1 saturated heterocycles. The Morgan fingerprint density at radius 3 is 2.07 bits per heavy atom. The van der Waals surface area contributed by atoms with Gasteiger partial charge in [-0.3, -0.25) is 4.79 Å². The van der Waals surface area contributed by atoms with Crippen LogP contribution < -0.4 is 4.90 Å². The van der Waals surface area contributed by atoms with Crippen molar-refractivity contribution in [2.45, 2.75) is 47.0 Å². The largest absolute Gasteiger partial charge is 0.353 e. The zero-order valence-corrected chi connectivity index (χ0v) is 17.3. The van der Waals surface area contributed by atoms with Gasteiger partial charge in [-0.15, -0.1) is 0 Å². The molecule has 0 saturated carbocycles. The highest BCUT2D eigenvalue weighted by molar-refractivity contribution is 5.94. The number of nitrogens with zero attached hydrogens (tertiary/aromatic N) is 4. The molecule has 0 atom stereocenters. The third-order valence-corrected chi connectivity index (χ3v) is 5.34. The first-order chi connectivity index (χ1) is 12.7. The van der Waals surface area contributed by atoms with E-state index in [2.05, 4.69) is 54.7 Å². The molecule has 1 aliphatic rings. The van der Waals surface area contributed by atoms with E-state index in [4.69, 9.17) is 0 Å². The van der Waals surface area contributed by atoms with E-state index in [0.717, 1.165) is 41.6 Å². The van der Waals surface area contributed by atoms with Crippen molar-refractivity contribution >= 4 is 11.7 Å². The lowest BCUT2D eigenvalue weighted by molar-refractivity contribution is 0.0746. The van der Waals surface area contributed by atoms with E-state index in [9.17, 15) is 4.79 Å². The van der Waals surface area contributed by atoms with Gasteiger partial charge < -0.3 is 9.80 Å². The van der Waals surface area contributed by atoms with Gasteiger partial charge >= 0.3 is 0 Å². The van der Waals surface area contributed by atoms with Gasteiger partial charge in [0.1, 0.15) is 11.6 Å². The van der Waals surface area contributed by atoms with Gasteiger partial charge in [-0.25, -0.2) is 9.97 Å². The summed E-state index contributed by atoms with van der Waals surface area (Å²) in [6, 6.07) is 8.05. The zero-order chi connectivity index (χ0) is 19.8. The Morgan fingerprint density at radius 2 is 1.52 bits per heavy atom. The van der Waals surface area contributed by atoms with Gasteiger partial charge in [-0.05, 0) is 43.9 Å². The number of hydrogen-bond donors (Lipinski definition) is 0. The van der Waals surface area contributed by atoms with Crippen LogP contribution in [-0.2, 0) is 5.41 Å². The molecule has 0 bridgehead atoms. The number of hydrogen-bond acceptors (Lipinski definition) is 4. The third-order valence-electron chi connectivity index (χ3n) is 5.34. The summed E-state index contributed by atoms with van der Waals surface area (Å²) in [6.45, 7) is 15.6. The van der Waals surface area contributed by atoms with Crippen LogP contribution in [0.4, 0.5) is 5.82 Å². The minimum absolute atomic E-state index is 0.0961. The fraction of sp³-hybridized carbons (Fsp3) is 0.500. The van der Waals surface area contributed by atoms with E-state index in [-0.39, 0.29) is 11.3 Å². The number of aromatic nitrogens is 2. The van der Waals surface area contributed by atoms with Gasteiger partial charge in [0.15, 0.2) is 0 Å². The summed E-state index contributed by atoms with van der Waals surface area (Å²) in [5, 5.41) is 0. The fourth-order valence-electron chi connectivity index (χ4n) is 3.48. The summed E-state index contributed by atoms with van der Waals surface area (Å²) in [6.07, 6.45) is 0. The minimum Gasteiger partial charge on any atom is -0.353 e. The normalized spacial score (nSPS) is 15.2. The predicted octanol–water partition coefficient (Wildman–Crippen LogP) is 3.66. The maximum Gasteiger partial charge on any atom is 0.253 e. The lowest BCUT2D eigenvalue weighted by Gasteiger charge is -2.36. The van der Waals surface area contributed by atoms with Crippen molar-refractivity contribution in [3.8, 4) is 0 Å². The van der Waals surface area contributed by atoms with Crippen molar-refractivity contribution < 1.29 is 4.79 Å². The first-order valence-corrected chi connectivity index (χ1v) is 9.63. The summed E-state index contributed by atoms with van der Waals surface area (Å²) < 4.78 is 0. The van der Waals surface area contributed by atoms with Crippen LogP contribution in [0.25, 0.3) is 0 Å². The van der Waals surface area contributed by atoms with Gasteiger partial charge in [0.2, 0.25) is 0 Å². The molecule has 144 valence electrons. The average molecular weight is 367 g/mol. The first kappa shape index (κ1) is 19.3. The molecular formula is C22H30N4O. The number of piperazine rings is 1. The summed E-state index contributed by atoms with van der Waals surface area (Å²) in [5.41, 5.74) is 4.25. The van der Waals surface area contributed by atoms with Gasteiger partial charge in [-0.2, -0.15) is 0 Å². The smallest absolute Gasteiger partial charge is 0.253 e. The molecule has 1 aromatic heterocycles. The number of anilines is 1. The van der Waals surface area contributed by atoms with E-state index in [1.165, 1.54) is 5.56 Å². The molecule has 1 aliphatic heterocycles. The van der Waals surface area contributed by atoms with Crippen molar-refractivity contribution in [2.24, 2.45) is 0 Å². The molecule has 1 fully saturated rings. The Hall–Kier alpha value is -2.43. The molecule has 0 N–H and O–H groups in total. The summed E-state index contributed by atoms with van der Waals surface area (Å²) in [5.74, 6) is 1.91. The van der Waals surface area contributed by atoms with Gasteiger partial charge in [0.25, 0.3) is 5.91 Å². The van der Waals surface area contributed by atoms with Crippen LogP contribution in [0, 0.1) is 20.8 Å². The van der Waals surface area contributed by atoms with E-state index in [0.29, 0.717) is 13.1 Å². The lowest BCUT2D eigenvalue weighted by atomic mass is 9.86. The van der Waals surface area contributed by atoms with E-state index >= 15 is 0 Å². The molecule has 5 heteroatoms. The Kier molecular flexibility index (Phi) is 5.22. The molecule has 2 aromatic rings. The fourth-order valence-corrected chi connectivity index (χ4v) is 3.48. The van der Waals surface area contributed by atoms with Crippen LogP contribution in [0.5, 0.6) is 0 Å². The molecule has 27 heavy (non-hydrogen) atoms. The summed E-state index contributed by atoms with van der Waals surface area (Å²) in [4.78, 5) is 26.1. The van der Waals surface area contributed by atoms with Gasteiger partial charge in [0.05, 0.1) is 0 Å². The van der Waals surface area contributed by atoms with Crippen molar-refractivity contribution in [1.29, 1.82) is 0 Å². The maximum absolute atomic E-state index is 12.9. The second kappa shape index (κ2) is 7.29. The quantitative estimate of drug-likeness (QED) is 0.814. The van der Waals surface area contributed by atoms with Crippen LogP contribution in [0.3, 0.4) is 0 Å². The number of carbonyl (C=O) groups is 1. The predicted molar refractivity (Wildman–Crippen MR) is 110 cm³/mol. The van der Waals surface area contributed by atoms with Crippen LogP contribution in [-0.4, -0.2) is 47.0 Å². The second-order valence-corrected chi connectivity index (χ2v) is 8.41. The monoisotopic (exact) mass is 366 g/mol. The Balaban J connectivity index is 1.68. The van der Waals surface area contributed by atoms with E-state index in [1.807, 2.05) is 30.9 Å². The number of amides is 1. The molecule has 2 heterocycles. The van der Waals surface area contributed by atoms with Crippen molar-refractivity contribution in [1.82, 2.24) is 14.9 Å². The number of rotatable bonds is 2. The molecule has 0 radical (unpaired) electrons. The molecular weight excluding hydrogens is 336 g/mol. The molecule has 1 amide bonds. The zero-order valence-electron chi connectivity index (χ0n) is 17.3. The third kappa shape index (κ3) is 4.12. The number of aryl methyl sites for hydroxylation is 2. The van der Waals surface area contributed by atoms with Crippen LogP contribution in [0.1, 0.15) is 53.8 Å². The topological polar surface area (TPSA) is 49.3 Å². The Morgan fingerprint density at radius 1 is 0.926 bits per heavy atom. The molecule has 0 unspecified atom stereocenters. The van der Waals surface area contributed by atoms with Crippen molar-refractivity contribution in [3.05, 3.63) is 52.5 Å². The Bertz CT molecular complexity index is 829. The summed E-state index contributed by atoms with van der Waals surface area (Å²) >= 11 is 0. The number of benzene rings is 1. The van der Waals surface area contributed by atoms with Crippen molar-refractivity contribution in [2.75, 3.05) is 31.1 Å². The summed E-state index contributed by atoms with van der Waals surface area (Å²) in [7, 11) is 0. The Labute approximate surface area is 162 Å². The molecule has 5 nitrogen and oxygen atoms in total. The highest BCUT2D eigenvalue weighted by Gasteiger charge is 2.24. The van der Waals surface area contributed by atoms with E-state index < -0.39 is 0 Å². The molecule has 0 aliphatic carbocycles. The van der Waals surface area contributed by atoms with Gasteiger partial charge in [-0.1, -0.05) is 32.9 Å². The standard InChI is InChI=1S/C22H30N4O/c1-15-16(2)23-17(3)24-20(15)25-11-13-26(14-12-25)21(27)18-7-9-19(10-8-18)22(4,5)6/h7-10H,11-14H2,1-6H3. The van der Waals surface area contributed by atoms with E-state index in [1.54, 1.807) is 0 Å². The minimum atomic E-state index is 0.0961. The van der Waals surface area contributed by atoms with Gasteiger partial charge in [0, 0.05) is 43.0 Å². The average Bonchev–Trinajstić information content (AvgIpc) is 2.63. The molecule has 1 aromatic carbocycles. The lowest BCUT2D eigenvalue weighted by Crippen LogP contribution is -2.49. The number of carbonyl (C=O) groups excluding carboxylic acids is 1. The maximum atomic E-state index is 12.9. The van der Waals surface area contributed by atoms with Crippen LogP contribution >= 0.6 is 0 Å². The first-order valence-electron chi connectivity index (χ1n) is 9.63. The molecule has 0 spiro atoms. The highest BCUT2D eigenvalue weighted by Crippen LogP contribution is 2.24. The second-order valence-electron chi connectivity index (χ2n) is 8.41. The highest BCUT2D eigenvalue weighted by atomic mass is 16.2. The van der Waals surface area contributed by atoms with Crippen molar-refractivity contribution in [3.63, 3.8) is 0 Å². The molecule has 3 rings (SSSR count). The SMILES string of the molecule is Cc1nc(C)c(C)c(N2CCN(C(=O)c3ccc(C(C)(C)C)cc3)CC2)n1. The van der Waals surface area contributed by atoms with Crippen LogP contribution in [0.15, 0.2) is 24.3 Å².